The number of benzene rings is 1. The summed E-state index contributed by atoms with van der Waals surface area (Å²) in [6.45, 7) is 6.73. The second-order valence-corrected chi connectivity index (χ2v) is 9.11. The maximum atomic E-state index is 12.5. The first-order valence-corrected chi connectivity index (χ1v) is 9.60. The molecule has 1 atom stereocenters. The van der Waals surface area contributed by atoms with E-state index < -0.39 is 5.92 Å². The highest BCUT2D eigenvalue weighted by molar-refractivity contribution is 7.15. The van der Waals surface area contributed by atoms with Gasteiger partial charge in [0.1, 0.15) is 5.01 Å². The number of carbonyl (C=O) groups excluding carboxylic acids is 2. The van der Waals surface area contributed by atoms with Gasteiger partial charge < -0.3 is 10.2 Å². The van der Waals surface area contributed by atoms with Crippen molar-refractivity contribution in [3.63, 3.8) is 0 Å². The molecule has 3 rings (SSSR count). The van der Waals surface area contributed by atoms with Gasteiger partial charge in [0.15, 0.2) is 0 Å². The van der Waals surface area contributed by atoms with Crippen molar-refractivity contribution in [1.29, 1.82) is 0 Å². The van der Waals surface area contributed by atoms with Crippen molar-refractivity contribution >= 4 is 45.6 Å². The summed E-state index contributed by atoms with van der Waals surface area (Å²) in [5, 5.41) is 12.9. The van der Waals surface area contributed by atoms with Gasteiger partial charge in [-0.05, 0) is 29.7 Å². The average molecular weight is 393 g/mol. The number of nitrogens with zero attached hydrogens (tertiary/aromatic N) is 3. The lowest BCUT2D eigenvalue weighted by Crippen LogP contribution is -2.28. The van der Waals surface area contributed by atoms with Crippen molar-refractivity contribution in [3.8, 4) is 0 Å². The fourth-order valence-electron chi connectivity index (χ4n) is 2.79. The zero-order chi connectivity index (χ0) is 18.9. The molecule has 1 saturated heterocycles. The van der Waals surface area contributed by atoms with Crippen molar-refractivity contribution in [2.45, 2.75) is 33.6 Å². The predicted molar refractivity (Wildman–Crippen MR) is 104 cm³/mol. The molecule has 1 N–H and O–H groups in total. The highest BCUT2D eigenvalue weighted by Crippen LogP contribution is 2.28. The molecule has 1 fully saturated rings. The van der Waals surface area contributed by atoms with Gasteiger partial charge in [0.2, 0.25) is 16.9 Å². The number of halogens is 1. The topological polar surface area (TPSA) is 75.2 Å². The van der Waals surface area contributed by atoms with Crippen LogP contribution >= 0.6 is 22.9 Å². The summed E-state index contributed by atoms with van der Waals surface area (Å²) in [5.74, 6) is -0.681. The number of carbonyl (C=O) groups is 2. The SMILES string of the molecule is CC(C)(C)Cc1nnc(NC(=O)C2CC(=O)N(c3ccc(Cl)cc3)C2)s1. The van der Waals surface area contributed by atoms with Gasteiger partial charge >= 0.3 is 0 Å². The Labute approximate surface area is 161 Å². The Hall–Kier alpha value is -1.99. The molecule has 1 aromatic heterocycles. The highest BCUT2D eigenvalue weighted by atomic mass is 35.5. The second-order valence-electron chi connectivity index (χ2n) is 7.61. The summed E-state index contributed by atoms with van der Waals surface area (Å²) in [4.78, 5) is 26.4. The molecule has 0 spiro atoms. The minimum atomic E-state index is -0.409. The zero-order valence-corrected chi connectivity index (χ0v) is 16.5. The first-order chi connectivity index (χ1) is 12.2. The fourth-order valence-corrected chi connectivity index (χ4v) is 3.96. The zero-order valence-electron chi connectivity index (χ0n) is 15.0. The molecule has 1 aliphatic heterocycles. The van der Waals surface area contributed by atoms with Gasteiger partial charge in [-0.25, -0.2) is 0 Å². The Kier molecular flexibility index (Phi) is 5.29. The minimum Gasteiger partial charge on any atom is -0.312 e. The molecule has 1 aliphatic rings. The van der Waals surface area contributed by atoms with Crippen molar-refractivity contribution in [2.75, 3.05) is 16.8 Å². The minimum absolute atomic E-state index is 0.0712. The van der Waals surface area contributed by atoms with Crippen molar-refractivity contribution in [2.24, 2.45) is 11.3 Å². The van der Waals surface area contributed by atoms with Gasteiger partial charge in [-0.1, -0.05) is 43.7 Å². The Balaban J connectivity index is 1.62. The molecule has 0 radical (unpaired) electrons. The monoisotopic (exact) mass is 392 g/mol. The summed E-state index contributed by atoms with van der Waals surface area (Å²) in [5.41, 5.74) is 0.857. The molecule has 2 heterocycles. The third kappa shape index (κ3) is 4.59. The van der Waals surface area contributed by atoms with E-state index in [-0.39, 0.29) is 23.7 Å². The summed E-state index contributed by atoms with van der Waals surface area (Å²) in [6.07, 6.45) is 0.981. The van der Waals surface area contributed by atoms with Crippen LogP contribution in [-0.2, 0) is 16.0 Å². The van der Waals surface area contributed by atoms with E-state index >= 15 is 0 Å². The van der Waals surface area contributed by atoms with Crippen LogP contribution in [0.25, 0.3) is 0 Å². The van der Waals surface area contributed by atoms with Gasteiger partial charge in [0.25, 0.3) is 0 Å². The lowest BCUT2D eigenvalue weighted by Gasteiger charge is -2.16. The first-order valence-electron chi connectivity index (χ1n) is 8.40. The molecule has 1 unspecified atom stereocenters. The average Bonchev–Trinajstić information content (AvgIpc) is 3.13. The van der Waals surface area contributed by atoms with Crippen molar-refractivity contribution in [3.05, 3.63) is 34.3 Å². The van der Waals surface area contributed by atoms with Crippen LogP contribution in [0.3, 0.4) is 0 Å². The highest BCUT2D eigenvalue weighted by Gasteiger charge is 2.35. The van der Waals surface area contributed by atoms with E-state index in [2.05, 4.69) is 36.3 Å². The number of anilines is 2. The fraction of sp³-hybridized carbons (Fsp3) is 0.444. The van der Waals surface area contributed by atoms with Gasteiger partial charge in [-0.2, -0.15) is 0 Å². The van der Waals surface area contributed by atoms with Crippen LogP contribution in [0.2, 0.25) is 5.02 Å². The quantitative estimate of drug-likeness (QED) is 0.859. The second kappa shape index (κ2) is 7.32. The molecule has 0 saturated carbocycles. The third-order valence-corrected chi connectivity index (χ3v) is 5.10. The van der Waals surface area contributed by atoms with Gasteiger partial charge in [0, 0.05) is 30.1 Å². The number of rotatable bonds is 4. The Bertz CT molecular complexity index is 813. The number of nitrogens with one attached hydrogen (secondary N) is 1. The van der Waals surface area contributed by atoms with Crippen LogP contribution in [0.15, 0.2) is 24.3 Å². The molecule has 8 heteroatoms. The van der Waals surface area contributed by atoms with E-state index in [9.17, 15) is 9.59 Å². The Morgan fingerprint density at radius 2 is 2.00 bits per heavy atom. The van der Waals surface area contributed by atoms with Crippen LogP contribution < -0.4 is 10.2 Å². The molecule has 26 heavy (non-hydrogen) atoms. The van der Waals surface area contributed by atoms with Gasteiger partial charge in [-0.15, -0.1) is 10.2 Å². The van der Waals surface area contributed by atoms with E-state index in [1.165, 1.54) is 11.3 Å². The molecule has 1 aromatic carbocycles. The summed E-state index contributed by atoms with van der Waals surface area (Å²) in [6, 6.07) is 7.03. The smallest absolute Gasteiger partial charge is 0.231 e. The molecule has 0 aliphatic carbocycles. The van der Waals surface area contributed by atoms with Crippen LogP contribution in [-0.4, -0.2) is 28.6 Å². The largest absolute Gasteiger partial charge is 0.312 e. The van der Waals surface area contributed by atoms with Gasteiger partial charge in [-0.3, -0.25) is 9.59 Å². The number of hydrogen-bond acceptors (Lipinski definition) is 5. The van der Waals surface area contributed by atoms with Crippen LogP contribution in [0.5, 0.6) is 0 Å². The molecule has 2 aromatic rings. The lowest BCUT2D eigenvalue weighted by molar-refractivity contribution is -0.122. The Morgan fingerprint density at radius 1 is 1.31 bits per heavy atom. The van der Waals surface area contributed by atoms with Crippen molar-refractivity contribution in [1.82, 2.24) is 10.2 Å². The van der Waals surface area contributed by atoms with Crippen molar-refractivity contribution < 1.29 is 9.59 Å². The normalized spacial score (nSPS) is 17.6. The summed E-state index contributed by atoms with van der Waals surface area (Å²) < 4.78 is 0. The van der Waals surface area contributed by atoms with Crippen LogP contribution in [0.4, 0.5) is 10.8 Å². The lowest BCUT2D eigenvalue weighted by atomic mass is 9.93. The number of aromatic nitrogens is 2. The van der Waals surface area contributed by atoms with Crippen LogP contribution in [0, 0.1) is 11.3 Å². The predicted octanol–water partition coefficient (Wildman–Crippen LogP) is 3.77. The Morgan fingerprint density at radius 3 is 2.65 bits per heavy atom. The first kappa shape index (κ1) is 18.8. The number of amides is 2. The molecular weight excluding hydrogens is 372 g/mol. The molecule has 0 bridgehead atoms. The van der Waals surface area contributed by atoms with E-state index in [0.717, 1.165) is 17.1 Å². The standard InChI is InChI=1S/C18H21ClN4O2S/c1-18(2,3)9-14-21-22-17(26-14)20-16(25)11-8-15(24)23(10-11)13-6-4-12(19)5-7-13/h4-7,11H,8-10H2,1-3H3,(H,20,22,25). The third-order valence-electron chi connectivity index (χ3n) is 4.01. The maximum Gasteiger partial charge on any atom is 0.231 e. The molecule has 2 amide bonds. The molecular formula is C18H21ClN4O2S. The van der Waals surface area contributed by atoms with Gasteiger partial charge in [0.05, 0.1) is 5.92 Å². The number of hydrogen-bond donors (Lipinski definition) is 1. The van der Waals surface area contributed by atoms with Crippen LogP contribution in [0.1, 0.15) is 32.2 Å². The summed E-state index contributed by atoms with van der Waals surface area (Å²) in [7, 11) is 0. The van der Waals surface area contributed by atoms with E-state index in [1.807, 2.05) is 0 Å². The molecule has 138 valence electrons. The molecule has 6 nitrogen and oxygen atoms in total. The van der Waals surface area contributed by atoms with E-state index in [0.29, 0.717) is 16.7 Å². The van der Waals surface area contributed by atoms with E-state index in [1.54, 1.807) is 29.2 Å². The maximum absolute atomic E-state index is 12.5. The van der Waals surface area contributed by atoms with E-state index in [4.69, 9.17) is 11.6 Å². The summed E-state index contributed by atoms with van der Waals surface area (Å²) >= 11 is 7.27.